The summed E-state index contributed by atoms with van der Waals surface area (Å²) in [6, 6.07) is 10.2. The molecule has 1 aromatic carbocycles. The zero-order valence-corrected chi connectivity index (χ0v) is 10.4. The summed E-state index contributed by atoms with van der Waals surface area (Å²) < 4.78 is 0. The first-order chi connectivity index (χ1) is 8.83. The van der Waals surface area contributed by atoms with Gasteiger partial charge in [0.2, 0.25) is 5.95 Å². The molecule has 2 heterocycles. The van der Waals surface area contributed by atoms with E-state index in [1.807, 2.05) is 36.7 Å². The number of fused-ring (bicyclic) bond motifs is 1. The van der Waals surface area contributed by atoms with Gasteiger partial charge in [-0.05, 0) is 30.2 Å². The minimum atomic E-state index is 0.923. The van der Waals surface area contributed by atoms with Gasteiger partial charge in [0.05, 0.1) is 11.0 Å². The molecule has 0 aliphatic carbocycles. The lowest BCUT2D eigenvalue weighted by atomic mass is 10.2. The highest BCUT2D eigenvalue weighted by atomic mass is 15.2. The van der Waals surface area contributed by atoms with Gasteiger partial charge in [-0.15, -0.1) is 0 Å². The van der Waals surface area contributed by atoms with Gasteiger partial charge >= 0.3 is 0 Å². The van der Waals surface area contributed by atoms with Gasteiger partial charge in [0, 0.05) is 26.0 Å². The average Bonchev–Trinajstić information content (AvgIpc) is 3.04. The first-order valence-corrected chi connectivity index (χ1v) is 6.10. The lowest BCUT2D eigenvalue weighted by Gasteiger charge is -2.14. The fraction of sp³-hybridized carbons (Fsp3) is 0.214. The van der Waals surface area contributed by atoms with Crippen LogP contribution in [0, 0.1) is 0 Å². The summed E-state index contributed by atoms with van der Waals surface area (Å²) in [5, 5.41) is 0. The fourth-order valence-corrected chi connectivity index (χ4v) is 2.04. The highest BCUT2D eigenvalue weighted by Gasteiger charge is 2.06. The standard InChI is InChI=1S/C14H16N4/c1-18(9-7-11-6-8-15-10-11)14-16-12-4-2-3-5-13(12)17-14/h2-6,8,10,15H,7,9H2,1H3,(H,16,17). The van der Waals surface area contributed by atoms with E-state index in [-0.39, 0.29) is 0 Å². The second-order valence-corrected chi connectivity index (χ2v) is 4.47. The van der Waals surface area contributed by atoms with E-state index in [4.69, 9.17) is 0 Å². The molecule has 18 heavy (non-hydrogen) atoms. The van der Waals surface area contributed by atoms with Crippen molar-refractivity contribution in [3.8, 4) is 0 Å². The monoisotopic (exact) mass is 240 g/mol. The van der Waals surface area contributed by atoms with Crippen LogP contribution in [0.1, 0.15) is 5.56 Å². The van der Waals surface area contributed by atoms with E-state index < -0.39 is 0 Å². The molecule has 0 spiro atoms. The average molecular weight is 240 g/mol. The predicted molar refractivity (Wildman–Crippen MR) is 73.9 cm³/mol. The molecule has 92 valence electrons. The Morgan fingerprint density at radius 3 is 2.89 bits per heavy atom. The van der Waals surface area contributed by atoms with Crippen molar-refractivity contribution >= 4 is 17.0 Å². The molecule has 0 saturated heterocycles. The molecule has 4 nitrogen and oxygen atoms in total. The van der Waals surface area contributed by atoms with Crippen molar-refractivity contribution in [1.29, 1.82) is 0 Å². The Kier molecular flexibility index (Phi) is 2.76. The van der Waals surface area contributed by atoms with Crippen molar-refractivity contribution in [2.75, 3.05) is 18.5 Å². The minimum absolute atomic E-state index is 0.923. The molecule has 2 N–H and O–H groups in total. The Morgan fingerprint density at radius 2 is 2.11 bits per heavy atom. The molecule has 0 aliphatic heterocycles. The van der Waals surface area contributed by atoms with Crippen LogP contribution in [-0.4, -0.2) is 28.5 Å². The number of nitrogens with one attached hydrogen (secondary N) is 2. The summed E-state index contributed by atoms with van der Waals surface area (Å²) in [6.07, 6.45) is 5.00. The molecule has 3 aromatic rings. The van der Waals surface area contributed by atoms with Crippen LogP contribution < -0.4 is 4.90 Å². The van der Waals surface area contributed by atoms with Gasteiger partial charge in [-0.1, -0.05) is 12.1 Å². The maximum Gasteiger partial charge on any atom is 0.203 e. The van der Waals surface area contributed by atoms with E-state index in [2.05, 4.69) is 33.0 Å². The highest BCUT2D eigenvalue weighted by Crippen LogP contribution is 2.16. The number of H-pyrrole nitrogens is 2. The number of hydrogen-bond donors (Lipinski definition) is 2. The molecule has 0 radical (unpaired) electrons. The van der Waals surface area contributed by atoms with Gasteiger partial charge in [0.1, 0.15) is 0 Å². The first-order valence-electron chi connectivity index (χ1n) is 6.10. The minimum Gasteiger partial charge on any atom is -0.367 e. The second-order valence-electron chi connectivity index (χ2n) is 4.47. The van der Waals surface area contributed by atoms with E-state index in [9.17, 15) is 0 Å². The smallest absolute Gasteiger partial charge is 0.203 e. The topological polar surface area (TPSA) is 47.7 Å². The predicted octanol–water partition coefficient (Wildman–Crippen LogP) is 2.57. The molecule has 0 bridgehead atoms. The summed E-state index contributed by atoms with van der Waals surface area (Å²) in [5.41, 5.74) is 3.42. The van der Waals surface area contributed by atoms with Crippen LogP contribution in [-0.2, 0) is 6.42 Å². The van der Waals surface area contributed by atoms with E-state index in [1.54, 1.807) is 0 Å². The lowest BCUT2D eigenvalue weighted by Crippen LogP contribution is -2.21. The molecular formula is C14H16N4. The highest BCUT2D eigenvalue weighted by molar-refractivity contribution is 5.77. The maximum atomic E-state index is 4.58. The van der Waals surface area contributed by atoms with Gasteiger partial charge in [-0.2, -0.15) is 0 Å². The number of hydrogen-bond acceptors (Lipinski definition) is 2. The third-order valence-electron chi connectivity index (χ3n) is 3.14. The van der Waals surface area contributed by atoms with Crippen LogP contribution in [0.2, 0.25) is 0 Å². The van der Waals surface area contributed by atoms with Crippen molar-refractivity contribution in [1.82, 2.24) is 15.0 Å². The Bertz CT molecular complexity index is 591. The van der Waals surface area contributed by atoms with Crippen LogP contribution in [0.3, 0.4) is 0 Å². The number of rotatable bonds is 4. The van der Waals surface area contributed by atoms with Gasteiger partial charge < -0.3 is 14.9 Å². The number of imidazole rings is 1. The van der Waals surface area contributed by atoms with E-state index in [0.29, 0.717) is 0 Å². The first kappa shape index (κ1) is 10.9. The van der Waals surface area contributed by atoms with Crippen molar-refractivity contribution in [2.24, 2.45) is 0 Å². The third kappa shape index (κ3) is 2.09. The Hall–Kier alpha value is -2.23. The Labute approximate surface area is 106 Å². The molecule has 3 rings (SSSR count). The number of likely N-dealkylation sites (N-methyl/N-ethyl adjacent to an activating group) is 1. The summed E-state index contributed by atoms with van der Waals surface area (Å²) >= 11 is 0. The molecule has 0 unspecified atom stereocenters. The van der Waals surface area contributed by atoms with Crippen LogP contribution in [0.4, 0.5) is 5.95 Å². The van der Waals surface area contributed by atoms with Gasteiger partial charge in [0.25, 0.3) is 0 Å². The van der Waals surface area contributed by atoms with Crippen LogP contribution >= 0.6 is 0 Å². The molecule has 0 atom stereocenters. The van der Waals surface area contributed by atoms with Crippen molar-refractivity contribution in [3.63, 3.8) is 0 Å². The van der Waals surface area contributed by atoms with Crippen molar-refractivity contribution in [3.05, 3.63) is 48.3 Å². The number of benzene rings is 1. The normalized spacial score (nSPS) is 10.9. The SMILES string of the molecule is CN(CCc1cc[nH]c1)c1nc2ccccc2[nH]1. The number of nitrogens with zero attached hydrogens (tertiary/aromatic N) is 2. The maximum absolute atomic E-state index is 4.58. The zero-order valence-electron chi connectivity index (χ0n) is 10.4. The summed E-state index contributed by atoms with van der Waals surface area (Å²) in [4.78, 5) is 13.1. The zero-order chi connectivity index (χ0) is 12.4. The lowest BCUT2D eigenvalue weighted by molar-refractivity contribution is 0.851. The summed E-state index contributed by atoms with van der Waals surface area (Å²) in [6.45, 7) is 0.942. The summed E-state index contributed by atoms with van der Waals surface area (Å²) in [5.74, 6) is 0.923. The van der Waals surface area contributed by atoms with Crippen molar-refractivity contribution < 1.29 is 0 Å². The molecule has 0 amide bonds. The number of para-hydroxylation sites is 2. The molecule has 0 aliphatic rings. The van der Waals surface area contributed by atoms with Gasteiger partial charge in [-0.25, -0.2) is 4.98 Å². The third-order valence-corrected chi connectivity index (χ3v) is 3.14. The molecule has 0 saturated carbocycles. The summed E-state index contributed by atoms with van der Waals surface area (Å²) in [7, 11) is 2.06. The molecule has 2 aromatic heterocycles. The second kappa shape index (κ2) is 4.56. The van der Waals surface area contributed by atoms with E-state index in [1.165, 1.54) is 5.56 Å². The van der Waals surface area contributed by atoms with Gasteiger partial charge in [0.15, 0.2) is 0 Å². The van der Waals surface area contributed by atoms with Crippen LogP contribution in [0.5, 0.6) is 0 Å². The Morgan fingerprint density at radius 1 is 1.22 bits per heavy atom. The molecular weight excluding hydrogens is 224 g/mol. The van der Waals surface area contributed by atoms with Gasteiger partial charge in [-0.3, -0.25) is 0 Å². The molecule has 0 fully saturated rings. The van der Waals surface area contributed by atoms with E-state index >= 15 is 0 Å². The fourth-order valence-electron chi connectivity index (χ4n) is 2.04. The van der Waals surface area contributed by atoms with Crippen molar-refractivity contribution in [2.45, 2.75) is 6.42 Å². The Balaban J connectivity index is 1.73. The largest absolute Gasteiger partial charge is 0.367 e. The van der Waals surface area contributed by atoms with E-state index in [0.717, 1.165) is 29.9 Å². The number of anilines is 1. The van der Waals surface area contributed by atoms with Crippen LogP contribution in [0.15, 0.2) is 42.7 Å². The van der Waals surface area contributed by atoms with Crippen LogP contribution in [0.25, 0.3) is 11.0 Å². The number of aromatic nitrogens is 3. The quantitative estimate of drug-likeness (QED) is 0.736. The number of aromatic amines is 2. The molecule has 4 heteroatoms.